The Labute approximate surface area is 151 Å². The number of thiazole rings is 1. The van der Waals surface area contributed by atoms with Crippen LogP contribution in [-0.2, 0) is 6.67 Å². The minimum Gasteiger partial charge on any atom is -0.334 e. The number of anilines is 1. The van der Waals surface area contributed by atoms with Crippen LogP contribution < -0.4 is 19.8 Å². The standard InChI is InChI=1S/C18H14N4O3S/c23-17-16(10-13-4-2-1-3-5-13)26-18-19-11-20(12-21(17)18)14-6-8-15(9-7-14)22(24)25/h1-10H,11-12H2. The predicted molar refractivity (Wildman–Crippen MR) is 99.8 cm³/mol. The van der Waals surface area contributed by atoms with Gasteiger partial charge in [0.15, 0.2) is 4.80 Å². The van der Waals surface area contributed by atoms with Crippen LogP contribution in [0.5, 0.6) is 0 Å². The normalized spacial score (nSPS) is 14.0. The number of nitro groups is 1. The van der Waals surface area contributed by atoms with Crippen molar-refractivity contribution in [2.24, 2.45) is 4.99 Å². The zero-order valence-corrected chi connectivity index (χ0v) is 14.4. The van der Waals surface area contributed by atoms with Crippen LogP contribution in [0.2, 0.25) is 0 Å². The highest BCUT2D eigenvalue weighted by Crippen LogP contribution is 2.20. The number of hydrogen-bond acceptors (Lipinski definition) is 6. The molecule has 0 fully saturated rings. The second-order valence-corrected chi connectivity index (χ2v) is 6.80. The first kappa shape index (κ1) is 16.2. The summed E-state index contributed by atoms with van der Waals surface area (Å²) in [6.45, 7) is 0.775. The van der Waals surface area contributed by atoms with Crippen molar-refractivity contribution in [2.45, 2.75) is 6.67 Å². The van der Waals surface area contributed by atoms with Gasteiger partial charge < -0.3 is 4.90 Å². The molecule has 0 aliphatic carbocycles. The van der Waals surface area contributed by atoms with Gasteiger partial charge in [0.05, 0.1) is 9.46 Å². The lowest BCUT2D eigenvalue weighted by Crippen LogP contribution is -2.42. The minimum atomic E-state index is -0.433. The second-order valence-electron chi connectivity index (χ2n) is 5.79. The van der Waals surface area contributed by atoms with E-state index >= 15 is 0 Å². The van der Waals surface area contributed by atoms with Gasteiger partial charge in [-0.3, -0.25) is 19.5 Å². The van der Waals surface area contributed by atoms with Gasteiger partial charge in [0.1, 0.15) is 13.3 Å². The van der Waals surface area contributed by atoms with Crippen LogP contribution in [0.3, 0.4) is 0 Å². The topological polar surface area (TPSA) is 80.7 Å². The van der Waals surface area contributed by atoms with Crippen LogP contribution in [0.15, 0.2) is 64.4 Å². The molecule has 3 aromatic rings. The van der Waals surface area contributed by atoms with E-state index in [0.29, 0.717) is 22.7 Å². The number of benzene rings is 2. The third kappa shape index (κ3) is 3.02. The molecule has 26 heavy (non-hydrogen) atoms. The first-order chi connectivity index (χ1) is 12.6. The summed E-state index contributed by atoms with van der Waals surface area (Å²) in [4.78, 5) is 30.1. The maximum atomic E-state index is 12.7. The summed E-state index contributed by atoms with van der Waals surface area (Å²) in [5, 5.41) is 10.8. The number of nitrogens with zero attached hydrogens (tertiary/aromatic N) is 4. The molecule has 7 nitrogen and oxygen atoms in total. The molecule has 1 aliphatic heterocycles. The van der Waals surface area contributed by atoms with E-state index in [0.717, 1.165) is 11.3 Å². The Morgan fingerprint density at radius 2 is 1.85 bits per heavy atom. The number of rotatable bonds is 3. The first-order valence-electron chi connectivity index (χ1n) is 7.92. The molecule has 0 spiro atoms. The Bertz CT molecular complexity index is 1130. The maximum Gasteiger partial charge on any atom is 0.271 e. The van der Waals surface area contributed by atoms with Crippen molar-refractivity contribution >= 4 is 28.8 Å². The molecule has 8 heteroatoms. The highest BCUT2D eigenvalue weighted by atomic mass is 32.1. The number of hydrogen-bond donors (Lipinski definition) is 0. The fourth-order valence-corrected chi connectivity index (χ4v) is 3.72. The molecular weight excluding hydrogens is 352 g/mol. The van der Waals surface area contributed by atoms with Gasteiger partial charge in [0.2, 0.25) is 0 Å². The van der Waals surface area contributed by atoms with Crippen molar-refractivity contribution < 1.29 is 4.92 Å². The molecule has 0 saturated heterocycles. The van der Waals surface area contributed by atoms with Crippen LogP contribution >= 0.6 is 11.3 Å². The molecule has 0 atom stereocenters. The van der Waals surface area contributed by atoms with Crippen molar-refractivity contribution in [1.82, 2.24) is 4.57 Å². The van der Waals surface area contributed by atoms with E-state index in [9.17, 15) is 14.9 Å². The molecule has 0 radical (unpaired) electrons. The Morgan fingerprint density at radius 3 is 2.54 bits per heavy atom. The Morgan fingerprint density at radius 1 is 1.12 bits per heavy atom. The van der Waals surface area contributed by atoms with Gasteiger partial charge in [0, 0.05) is 17.8 Å². The molecule has 0 amide bonds. The fourth-order valence-electron chi connectivity index (χ4n) is 2.76. The van der Waals surface area contributed by atoms with E-state index in [1.54, 1.807) is 16.7 Å². The Hall–Kier alpha value is -3.26. The Kier molecular flexibility index (Phi) is 4.10. The van der Waals surface area contributed by atoms with Crippen LogP contribution in [0.25, 0.3) is 6.08 Å². The summed E-state index contributed by atoms with van der Waals surface area (Å²) >= 11 is 1.37. The van der Waals surface area contributed by atoms with E-state index < -0.39 is 4.92 Å². The average Bonchev–Trinajstić information content (AvgIpc) is 2.98. The van der Waals surface area contributed by atoms with Crippen LogP contribution in [0.1, 0.15) is 5.56 Å². The summed E-state index contributed by atoms with van der Waals surface area (Å²) in [5.41, 5.74) is 1.72. The van der Waals surface area contributed by atoms with E-state index in [1.165, 1.54) is 23.5 Å². The first-order valence-corrected chi connectivity index (χ1v) is 8.74. The van der Waals surface area contributed by atoms with E-state index in [2.05, 4.69) is 4.99 Å². The van der Waals surface area contributed by atoms with Gasteiger partial charge in [-0.15, -0.1) is 0 Å². The smallest absolute Gasteiger partial charge is 0.271 e. The molecule has 0 unspecified atom stereocenters. The largest absolute Gasteiger partial charge is 0.334 e. The Balaban J connectivity index is 1.66. The van der Waals surface area contributed by atoms with Crippen molar-refractivity contribution in [2.75, 3.05) is 11.6 Å². The van der Waals surface area contributed by atoms with Crippen molar-refractivity contribution in [3.63, 3.8) is 0 Å². The number of nitro benzene ring substituents is 1. The molecular formula is C18H14N4O3S. The molecule has 0 bridgehead atoms. The highest BCUT2D eigenvalue weighted by molar-refractivity contribution is 7.07. The molecule has 2 heterocycles. The third-order valence-corrected chi connectivity index (χ3v) is 5.14. The van der Waals surface area contributed by atoms with Crippen LogP contribution in [0, 0.1) is 10.1 Å². The molecule has 0 N–H and O–H groups in total. The zero-order chi connectivity index (χ0) is 18.1. The van der Waals surface area contributed by atoms with Gasteiger partial charge in [-0.2, -0.15) is 0 Å². The minimum absolute atomic E-state index is 0.0378. The molecule has 0 saturated carbocycles. The lowest BCUT2D eigenvalue weighted by Gasteiger charge is -2.25. The van der Waals surface area contributed by atoms with Crippen LogP contribution in [0.4, 0.5) is 11.4 Å². The summed E-state index contributed by atoms with van der Waals surface area (Å²) in [6.07, 6.45) is 1.87. The van der Waals surface area contributed by atoms with E-state index in [-0.39, 0.29) is 11.2 Å². The summed E-state index contributed by atoms with van der Waals surface area (Å²) in [6, 6.07) is 15.9. The second kappa shape index (κ2) is 6.57. The summed E-state index contributed by atoms with van der Waals surface area (Å²) in [7, 11) is 0. The SMILES string of the molecule is O=c1c(=Cc2ccccc2)sc2n1CN(c1ccc([N+](=O)[O-])cc1)CN=2. The monoisotopic (exact) mass is 366 g/mol. The molecule has 4 rings (SSSR count). The van der Waals surface area contributed by atoms with Gasteiger partial charge in [-0.25, -0.2) is 4.99 Å². The van der Waals surface area contributed by atoms with Gasteiger partial charge in [0.25, 0.3) is 11.2 Å². The molecule has 1 aromatic heterocycles. The van der Waals surface area contributed by atoms with Crippen molar-refractivity contribution in [3.05, 3.63) is 90.0 Å². The molecule has 1 aliphatic rings. The summed E-state index contributed by atoms with van der Waals surface area (Å²) in [5.74, 6) is 0. The third-order valence-electron chi connectivity index (χ3n) is 4.10. The maximum absolute atomic E-state index is 12.7. The van der Waals surface area contributed by atoms with Crippen molar-refractivity contribution in [1.29, 1.82) is 0 Å². The zero-order valence-electron chi connectivity index (χ0n) is 13.6. The molecule has 2 aromatic carbocycles. The van der Waals surface area contributed by atoms with E-state index in [1.807, 2.05) is 41.3 Å². The molecule has 130 valence electrons. The number of non-ortho nitro benzene ring substituents is 1. The number of aromatic nitrogens is 1. The van der Waals surface area contributed by atoms with Crippen molar-refractivity contribution in [3.8, 4) is 0 Å². The predicted octanol–water partition coefficient (Wildman–Crippen LogP) is 1.70. The van der Waals surface area contributed by atoms with Gasteiger partial charge >= 0.3 is 0 Å². The lowest BCUT2D eigenvalue weighted by molar-refractivity contribution is -0.384. The van der Waals surface area contributed by atoms with Gasteiger partial charge in [-0.1, -0.05) is 41.7 Å². The average molecular weight is 366 g/mol. The van der Waals surface area contributed by atoms with Gasteiger partial charge in [-0.05, 0) is 23.8 Å². The lowest BCUT2D eigenvalue weighted by atomic mass is 10.2. The van der Waals surface area contributed by atoms with Crippen LogP contribution in [-0.4, -0.2) is 16.2 Å². The highest BCUT2D eigenvalue weighted by Gasteiger charge is 2.16. The fraction of sp³-hybridized carbons (Fsp3) is 0.111. The number of fused-ring (bicyclic) bond motifs is 1. The summed E-state index contributed by atoms with van der Waals surface area (Å²) < 4.78 is 2.27. The van der Waals surface area contributed by atoms with E-state index in [4.69, 9.17) is 0 Å². The quantitative estimate of drug-likeness (QED) is 0.522.